The average Bonchev–Trinajstić information content (AvgIpc) is 2.15. The molecule has 0 saturated carbocycles. The number of hydrogen-bond donors (Lipinski definition) is 2. The summed E-state index contributed by atoms with van der Waals surface area (Å²) in [7, 11) is 0. The van der Waals surface area contributed by atoms with Gasteiger partial charge in [0.2, 0.25) is 0 Å². The third-order valence-corrected chi connectivity index (χ3v) is 1.42. The van der Waals surface area contributed by atoms with E-state index in [2.05, 4.69) is 4.89 Å². The van der Waals surface area contributed by atoms with Gasteiger partial charge in [0.05, 0.1) is 0 Å². The molecule has 4 heteroatoms. The molecule has 0 aliphatic heterocycles. The number of carbonyl (C=O) groups is 1. The topological polar surface area (TPSA) is 66.8 Å². The summed E-state index contributed by atoms with van der Waals surface area (Å²) in [5.41, 5.74) is 0.507. The van der Waals surface area contributed by atoms with Crippen molar-refractivity contribution in [2.75, 3.05) is 0 Å². The largest absolute Gasteiger partial charge is 0.478 e. The molecule has 0 amide bonds. The maximum absolute atomic E-state index is 10.2. The van der Waals surface area contributed by atoms with E-state index in [0.29, 0.717) is 5.56 Å². The molecule has 0 spiro atoms. The Kier molecular flexibility index (Phi) is 3.05. The van der Waals surface area contributed by atoms with E-state index in [1.165, 1.54) is 12.1 Å². The summed E-state index contributed by atoms with van der Waals surface area (Å²) in [6.45, 7) is 0. The Balaban J connectivity index is 2.93. The van der Waals surface area contributed by atoms with Crippen LogP contribution >= 0.6 is 0 Å². The molecule has 1 aromatic carbocycles. The van der Waals surface area contributed by atoms with Gasteiger partial charge in [-0.15, -0.1) is 0 Å². The normalized spacial score (nSPS) is 10.2. The van der Waals surface area contributed by atoms with E-state index < -0.39 is 5.97 Å². The lowest BCUT2D eigenvalue weighted by atomic mass is 10.2. The molecule has 1 aromatic rings. The highest BCUT2D eigenvalue weighted by molar-refractivity contribution is 5.85. The van der Waals surface area contributed by atoms with E-state index in [4.69, 9.17) is 10.4 Å². The van der Waals surface area contributed by atoms with E-state index in [9.17, 15) is 4.79 Å². The van der Waals surface area contributed by atoms with Crippen LogP contribution in [0, 0.1) is 0 Å². The second kappa shape index (κ2) is 4.27. The van der Waals surface area contributed by atoms with Gasteiger partial charge in [0.1, 0.15) is 0 Å². The summed E-state index contributed by atoms with van der Waals surface area (Å²) < 4.78 is 0. The maximum atomic E-state index is 10.2. The van der Waals surface area contributed by atoms with Crippen molar-refractivity contribution in [2.45, 2.75) is 0 Å². The molecule has 2 N–H and O–H groups in total. The Hall–Kier alpha value is -1.81. The monoisotopic (exact) mass is 180 g/mol. The minimum absolute atomic E-state index is 0.222. The molecule has 4 nitrogen and oxygen atoms in total. The predicted molar refractivity (Wildman–Crippen MR) is 46.4 cm³/mol. The molecule has 0 aromatic heterocycles. The van der Waals surface area contributed by atoms with Crippen molar-refractivity contribution < 1.29 is 20.0 Å². The molecule has 0 aliphatic carbocycles. The van der Waals surface area contributed by atoms with Crippen LogP contribution in [0.2, 0.25) is 0 Å². The van der Waals surface area contributed by atoms with Gasteiger partial charge in [-0.1, -0.05) is 18.2 Å². The third kappa shape index (κ3) is 2.61. The van der Waals surface area contributed by atoms with Crippen LogP contribution < -0.4 is 4.89 Å². The number of rotatable bonds is 3. The fourth-order valence-corrected chi connectivity index (χ4v) is 0.862. The van der Waals surface area contributed by atoms with Gasteiger partial charge in [-0.3, -0.25) is 0 Å². The predicted octanol–water partition coefficient (Wildman–Crippen LogP) is 1.64. The zero-order valence-corrected chi connectivity index (χ0v) is 6.68. The highest BCUT2D eigenvalue weighted by Gasteiger charge is 1.98. The summed E-state index contributed by atoms with van der Waals surface area (Å²) in [5.74, 6) is -0.826. The second-order valence-corrected chi connectivity index (χ2v) is 2.30. The molecule has 0 atom stereocenters. The molecule has 0 bridgehead atoms. The SMILES string of the molecule is O=C(O)C=Cc1ccccc1OO. The van der Waals surface area contributed by atoms with Crippen LogP contribution in [-0.2, 0) is 4.79 Å². The number of para-hydroxylation sites is 1. The molecular formula is C9H8O4. The quantitative estimate of drug-likeness (QED) is 0.421. The van der Waals surface area contributed by atoms with E-state index in [1.807, 2.05) is 0 Å². The van der Waals surface area contributed by atoms with Gasteiger partial charge in [0.25, 0.3) is 0 Å². The van der Waals surface area contributed by atoms with Crippen molar-refractivity contribution in [2.24, 2.45) is 0 Å². The van der Waals surface area contributed by atoms with Crippen LogP contribution in [-0.4, -0.2) is 16.3 Å². The zero-order chi connectivity index (χ0) is 9.68. The van der Waals surface area contributed by atoms with Crippen molar-refractivity contribution >= 4 is 12.0 Å². The molecule has 0 unspecified atom stereocenters. The third-order valence-electron chi connectivity index (χ3n) is 1.42. The number of aliphatic carboxylic acids is 1. The number of benzene rings is 1. The first-order valence-electron chi connectivity index (χ1n) is 3.55. The summed E-state index contributed by atoms with van der Waals surface area (Å²) in [6, 6.07) is 6.54. The smallest absolute Gasteiger partial charge is 0.328 e. The standard InChI is InChI=1S/C9H8O4/c10-9(11)6-5-7-3-1-2-4-8(7)13-12/h1-6,12H,(H,10,11). The van der Waals surface area contributed by atoms with Gasteiger partial charge in [-0.05, 0) is 12.1 Å². The van der Waals surface area contributed by atoms with Crippen molar-refractivity contribution in [1.29, 1.82) is 0 Å². The van der Waals surface area contributed by atoms with Gasteiger partial charge in [-0.25, -0.2) is 10.1 Å². The van der Waals surface area contributed by atoms with E-state index >= 15 is 0 Å². The molecule has 13 heavy (non-hydrogen) atoms. The van der Waals surface area contributed by atoms with Gasteiger partial charge in [0, 0.05) is 11.6 Å². The highest BCUT2D eigenvalue weighted by atomic mass is 17.1. The molecular weight excluding hydrogens is 172 g/mol. The van der Waals surface area contributed by atoms with Gasteiger partial charge in [0.15, 0.2) is 5.75 Å². The van der Waals surface area contributed by atoms with Crippen LogP contribution in [0.1, 0.15) is 5.56 Å². The first-order valence-corrected chi connectivity index (χ1v) is 3.55. The molecule has 0 fully saturated rings. The summed E-state index contributed by atoms with van der Waals surface area (Å²) in [4.78, 5) is 14.2. The molecule has 0 radical (unpaired) electrons. The minimum Gasteiger partial charge on any atom is -0.478 e. The van der Waals surface area contributed by atoms with Crippen LogP contribution in [0.3, 0.4) is 0 Å². The van der Waals surface area contributed by atoms with Crippen LogP contribution in [0.25, 0.3) is 6.08 Å². The lowest BCUT2D eigenvalue weighted by Crippen LogP contribution is -1.89. The fourth-order valence-electron chi connectivity index (χ4n) is 0.862. The molecule has 0 saturated heterocycles. The van der Waals surface area contributed by atoms with Crippen molar-refractivity contribution in [1.82, 2.24) is 0 Å². The maximum Gasteiger partial charge on any atom is 0.328 e. The summed E-state index contributed by atoms with van der Waals surface area (Å²) in [6.07, 6.45) is 2.31. The van der Waals surface area contributed by atoms with Gasteiger partial charge in [-0.2, -0.15) is 0 Å². The van der Waals surface area contributed by atoms with E-state index in [0.717, 1.165) is 6.08 Å². The average molecular weight is 180 g/mol. The Morgan fingerprint density at radius 2 is 2.08 bits per heavy atom. The second-order valence-electron chi connectivity index (χ2n) is 2.30. The van der Waals surface area contributed by atoms with E-state index in [-0.39, 0.29) is 5.75 Å². The zero-order valence-electron chi connectivity index (χ0n) is 6.68. The Morgan fingerprint density at radius 1 is 1.38 bits per heavy atom. The number of carboxylic acid groups (broad SMARTS) is 1. The van der Waals surface area contributed by atoms with Crippen molar-refractivity contribution in [3.8, 4) is 5.75 Å². The molecule has 68 valence electrons. The number of hydrogen-bond acceptors (Lipinski definition) is 3. The van der Waals surface area contributed by atoms with Crippen molar-refractivity contribution in [3.63, 3.8) is 0 Å². The Bertz CT molecular complexity index is 330. The Morgan fingerprint density at radius 3 is 2.69 bits per heavy atom. The fraction of sp³-hybridized carbons (Fsp3) is 0. The van der Waals surface area contributed by atoms with Crippen LogP contribution in [0.5, 0.6) is 5.75 Å². The lowest BCUT2D eigenvalue weighted by Gasteiger charge is -1.99. The summed E-state index contributed by atoms with van der Waals surface area (Å²) >= 11 is 0. The van der Waals surface area contributed by atoms with Gasteiger partial charge < -0.3 is 9.99 Å². The van der Waals surface area contributed by atoms with Crippen molar-refractivity contribution in [3.05, 3.63) is 35.9 Å². The number of carboxylic acids is 1. The van der Waals surface area contributed by atoms with Crippen LogP contribution in [0.15, 0.2) is 30.3 Å². The highest BCUT2D eigenvalue weighted by Crippen LogP contribution is 2.18. The first-order chi connectivity index (χ1) is 6.24. The minimum atomic E-state index is -1.05. The molecule has 0 heterocycles. The molecule has 0 aliphatic rings. The lowest BCUT2D eigenvalue weighted by molar-refractivity contribution is -0.137. The first kappa shape index (κ1) is 9.28. The van der Waals surface area contributed by atoms with Gasteiger partial charge >= 0.3 is 5.97 Å². The molecule has 1 rings (SSSR count). The van der Waals surface area contributed by atoms with Crippen LogP contribution in [0.4, 0.5) is 0 Å². The van der Waals surface area contributed by atoms with E-state index in [1.54, 1.807) is 18.2 Å². The summed E-state index contributed by atoms with van der Waals surface area (Å²) in [5, 5.41) is 16.8. The Labute approximate surface area is 74.6 Å².